The van der Waals surface area contributed by atoms with Crippen molar-refractivity contribution >= 4 is 23.2 Å². The molecular weight excluding hydrogens is 350 g/mol. The molecule has 3 aromatic rings. The van der Waals surface area contributed by atoms with Crippen molar-refractivity contribution in [2.75, 3.05) is 10.6 Å². The molecule has 1 aliphatic rings. The van der Waals surface area contributed by atoms with Crippen LogP contribution in [0.3, 0.4) is 0 Å². The van der Waals surface area contributed by atoms with Crippen LogP contribution in [0.1, 0.15) is 28.9 Å². The van der Waals surface area contributed by atoms with Crippen molar-refractivity contribution in [2.45, 2.75) is 19.8 Å². The van der Waals surface area contributed by atoms with Crippen LogP contribution in [0.4, 0.5) is 11.4 Å². The average molecular weight is 371 g/mol. The van der Waals surface area contributed by atoms with Gasteiger partial charge in [-0.25, -0.2) is 0 Å². The lowest BCUT2D eigenvalue weighted by molar-refractivity contribution is -0.117. The summed E-state index contributed by atoms with van der Waals surface area (Å²) in [4.78, 5) is 29.0. The van der Waals surface area contributed by atoms with Crippen LogP contribution >= 0.6 is 0 Å². The van der Waals surface area contributed by atoms with E-state index in [1.54, 1.807) is 30.3 Å². The lowest BCUT2D eigenvalue weighted by atomic mass is 10.1. The number of pyridine rings is 1. The van der Waals surface area contributed by atoms with Gasteiger partial charge >= 0.3 is 0 Å². The van der Waals surface area contributed by atoms with E-state index in [1.807, 2.05) is 43.3 Å². The largest absolute Gasteiger partial charge is 0.326 e. The minimum atomic E-state index is -0.209. The Morgan fingerprint density at radius 2 is 1.50 bits per heavy atom. The third-order valence-corrected chi connectivity index (χ3v) is 4.76. The Morgan fingerprint density at radius 1 is 0.857 bits per heavy atom. The molecule has 1 aliphatic carbocycles. The number of carbonyl (C=O) groups is 2. The molecular formula is C23H21N3O2. The van der Waals surface area contributed by atoms with Gasteiger partial charge in [0, 0.05) is 22.9 Å². The van der Waals surface area contributed by atoms with Crippen LogP contribution in [0.15, 0.2) is 66.7 Å². The van der Waals surface area contributed by atoms with Crippen LogP contribution in [0.25, 0.3) is 11.3 Å². The second-order valence-electron chi connectivity index (χ2n) is 6.99. The first-order chi connectivity index (χ1) is 13.6. The van der Waals surface area contributed by atoms with Crippen LogP contribution in [-0.2, 0) is 4.79 Å². The molecule has 0 saturated heterocycles. The number of carbonyl (C=O) groups excluding carboxylic acids is 2. The van der Waals surface area contributed by atoms with E-state index < -0.39 is 0 Å². The highest BCUT2D eigenvalue weighted by molar-refractivity contribution is 6.05. The van der Waals surface area contributed by atoms with E-state index in [0.29, 0.717) is 16.9 Å². The van der Waals surface area contributed by atoms with Crippen LogP contribution in [0.5, 0.6) is 0 Å². The summed E-state index contributed by atoms with van der Waals surface area (Å²) in [6, 6.07) is 20.7. The summed E-state index contributed by atoms with van der Waals surface area (Å²) in [5.41, 5.74) is 4.46. The number of amides is 2. The SMILES string of the molecule is Cc1nc(-c2ccccc2)ccc1C(=O)Nc1ccc(NC(=O)C2CC2)cc1. The summed E-state index contributed by atoms with van der Waals surface area (Å²) in [7, 11) is 0. The van der Waals surface area contributed by atoms with Gasteiger partial charge in [-0.15, -0.1) is 0 Å². The summed E-state index contributed by atoms with van der Waals surface area (Å²) in [5, 5.41) is 5.77. The van der Waals surface area contributed by atoms with E-state index in [9.17, 15) is 9.59 Å². The second-order valence-corrected chi connectivity index (χ2v) is 6.99. The van der Waals surface area contributed by atoms with Crippen LogP contribution in [-0.4, -0.2) is 16.8 Å². The average Bonchev–Trinajstić information content (AvgIpc) is 3.55. The molecule has 0 spiro atoms. The van der Waals surface area contributed by atoms with Crippen molar-refractivity contribution in [3.8, 4) is 11.3 Å². The fourth-order valence-electron chi connectivity index (χ4n) is 3.00. The predicted molar refractivity (Wildman–Crippen MR) is 110 cm³/mol. The number of benzene rings is 2. The van der Waals surface area contributed by atoms with Crippen molar-refractivity contribution in [2.24, 2.45) is 5.92 Å². The fraction of sp³-hybridized carbons (Fsp3) is 0.174. The molecule has 0 bridgehead atoms. The Bertz CT molecular complexity index is 1010. The highest BCUT2D eigenvalue weighted by Crippen LogP contribution is 2.30. The molecule has 140 valence electrons. The molecule has 0 atom stereocenters. The molecule has 2 aromatic carbocycles. The van der Waals surface area contributed by atoms with Gasteiger partial charge in [0.05, 0.1) is 17.0 Å². The standard InChI is InChI=1S/C23H21N3O2/c1-15-20(13-14-21(24-15)16-5-3-2-4-6-16)23(28)26-19-11-9-18(10-12-19)25-22(27)17-7-8-17/h2-6,9-14,17H,7-8H2,1H3,(H,25,27)(H,26,28). The van der Waals surface area contributed by atoms with Crippen molar-refractivity contribution < 1.29 is 9.59 Å². The highest BCUT2D eigenvalue weighted by Gasteiger charge is 2.29. The maximum atomic E-state index is 12.6. The minimum Gasteiger partial charge on any atom is -0.326 e. The van der Waals surface area contributed by atoms with Gasteiger partial charge in [0.25, 0.3) is 5.91 Å². The Hall–Kier alpha value is -3.47. The van der Waals surface area contributed by atoms with Gasteiger partial charge in [0.15, 0.2) is 0 Å². The molecule has 1 heterocycles. The molecule has 0 aliphatic heterocycles. The molecule has 1 saturated carbocycles. The van der Waals surface area contributed by atoms with Crippen LogP contribution < -0.4 is 10.6 Å². The number of nitrogens with zero attached hydrogens (tertiary/aromatic N) is 1. The summed E-state index contributed by atoms with van der Waals surface area (Å²) in [6.07, 6.45) is 1.94. The zero-order valence-electron chi connectivity index (χ0n) is 15.6. The first-order valence-electron chi connectivity index (χ1n) is 9.35. The number of aromatic nitrogens is 1. The van der Waals surface area contributed by atoms with Crippen molar-refractivity contribution in [1.82, 2.24) is 4.98 Å². The monoisotopic (exact) mass is 371 g/mol. The van der Waals surface area contributed by atoms with E-state index in [2.05, 4.69) is 15.6 Å². The summed E-state index contributed by atoms with van der Waals surface area (Å²) >= 11 is 0. The second kappa shape index (κ2) is 7.64. The number of anilines is 2. The zero-order chi connectivity index (χ0) is 19.5. The van der Waals surface area contributed by atoms with Gasteiger partial charge in [0.2, 0.25) is 5.91 Å². The smallest absolute Gasteiger partial charge is 0.257 e. The topological polar surface area (TPSA) is 71.1 Å². The molecule has 5 heteroatoms. The number of rotatable bonds is 5. The third kappa shape index (κ3) is 4.09. The number of aryl methyl sites for hydroxylation is 1. The van der Waals surface area contributed by atoms with Gasteiger partial charge in [-0.2, -0.15) is 0 Å². The van der Waals surface area contributed by atoms with Gasteiger partial charge in [-0.1, -0.05) is 30.3 Å². The minimum absolute atomic E-state index is 0.0667. The molecule has 2 N–H and O–H groups in total. The van der Waals surface area contributed by atoms with E-state index >= 15 is 0 Å². The first kappa shape index (κ1) is 17.9. The molecule has 28 heavy (non-hydrogen) atoms. The summed E-state index contributed by atoms with van der Waals surface area (Å²) in [6.45, 7) is 1.83. The van der Waals surface area contributed by atoms with E-state index in [0.717, 1.165) is 29.8 Å². The van der Waals surface area contributed by atoms with Gasteiger partial charge in [0.1, 0.15) is 0 Å². The highest BCUT2D eigenvalue weighted by atomic mass is 16.2. The summed E-state index contributed by atoms with van der Waals surface area (Å²) < 4.78 is 0. The van der Waals surface area contributed by atoms with Crippen molar-refractivity contribution in [3.63, 3.8) is 0 Å². The molecule has 2 amide bonds. The first-order valence-corrected chi connectivity index (χ1v) is 9.35. The van der Waals surface area contributed by atoms with Crippen molar-refractivity contribution in [1.29, 1.82) is 0 Å². The molecule has 4 rings (SSSR count). The van der Waals surface area contributed by atoms with Crippen LogP contribution in [0.2, 0.25) is 0 Å². The molecule has 0 radical (unpaired) electrons. The van der Waals surface area contributed by atoms with Gasteiger partial charge < -0.3 is 10.6 Å². The Labute approximate surface area is 163 Å². The molecule has 5 nitrogen and oxygen atoms in total. The van der Waals surface area contributed by atoms with Crippen LogP contribution in [0, 0.1) is 12.8 Å². The summed E-state index contributed by atoms with van der Waals surface area (Å²) in [5.74, 6) is 0.0186. The lowest BCUT2D eigenvalue weighted by Crippen LogP contribution is -2.15. The molecule has 0 unspecified atom stereocenters. The van der Waals surface area contributed by atoms with Gasteiger partial charge in [-0.05, 0) is 56.2 Å². The number of hydrogen-bond acceptors (Lipinski definition) is 3. The lowest BCUT2D eigenvalue weighted by Gasteiger charge is -2.10. The van der Waals surface area contributed by atoms with E-state index in [-0.39, 0.29) is 17.7 Å². The number of nitrogens with one attached hydrogen (secondary N) is 2. The van der Waals surface area contributed by atoms with E-state index in [1.165, 1.54) is 0 Å². The molecule has 1 fully saturated rings. The Kier molecular flexibility index (Phi) is 4.89. The maximum Gasteiger partial charge on any atom is 0.257 e. The number of hydrogen-bond donors (Lipinski definition) is 2. The van der Waals surface area contributed by atoms with E-state index in [4.69, 9.17) is 0 Å². The quantitative estimate of drug-likeness (QED) is 0.685. The maximum absolute atomic E-state index is 12.6. The predicted octanol–water partition coefficient (Wildman–Crippen LogP) is 4.66. The Balaban J connectivity index is 1.43. The Morgan fingerprint density at radius 3 is 2.11 bits per heavy atom. The zero-order valence-corrected chi connectivity index (χ0v) is 15.6. The normalized spacial score (nSPS) is 13.0. The molecule has 1 aromatic heterocycles. The third-order valence-electron chi connectivity index (χ3n) is 4.76. The fourth-order valence-corrected chi connectivity index (χ4v) is 3.00. The van der Waals surface area contributed by atoms with Gasteiger partial charge in [-0.3, -0.25) is 14.6 Å². The van der Waals surface area contributed by atoms with Crippen molar-refractivity contribution in [3.05, 3.63) is 78.0 Å².